The van der Waals surface area contributed by atoms with E-state index in [-0.39, 0.29) is 0 Å². The van der Waals surface area contributed by atoms with Gasteiger partial charge in [0.15, 0.2) is 0 Å². The minimum atomic E-state index is -4.35. The smallest absolute Gasteiger partial charge is 0.416 e. The Bertz CT molecular complexity index is 723. The van der Waals surface area contributed by atoms with E-state index in [4.69, 9.17) is 9.15 Å². The average molecular weight is 368 g/mol. The summed E-state index contributed by atoms with van der Waals surface area (Å²) >= 11 is 0. The Hall–Kier alpha value is -1.86. The van der Waals surface area contributed by atoms with Crippen LogP contribution in [-0.4, -0.2) is 36.2 Å². The van der Waals surface area contributed by atoms with Crippen LogP contribution in [0.4, 0.5) is 13.2 Å². The van der Waals surface area contributed by atoms with Crippen molar-refractivity contribution in [1.82, 2.24) is 9.88 Å². The Kier molecular flexibility index (Phi) is 5.67. The molecule has 142 valence electrons. The van der Waals surface area contributed by atoms with Crippen LogP contribution in [0.1, 0.15) is 36.3 Å². The monoisotopic (exact) mass is 368 g/mol. The molecule has 1 saturated heterocycles. The second-order valence-electron chi connectivity index (χ2n) is 6.67. The van der Waals surface area contributed by atoms with Crippen molar-refractivity contribution >= 4 is 0 Å². The number of aromatic nitrogens is 1. The standard InChI is InChI=1S/C19H23F3N2O2/c1-13-17(11-24-10-4-3-5-16(24)12-25-2)23-18(26-13)14-6-8-15(9-7-14)19(20,21)22/h6-9,16H,3-5,10-12H2,1-2H3/t16-/m1/s1. The van der Waals surface area contributed by atoms with Gasteiger partial charge in [-0.3, -0.25) is 4.90 Å². The van der Waals surface area contributed by atoms with Gasteiger partial charge in [-0.05, 0) is 50.6 Å². The van der Waals surface area contributed by atoms with Gasteiger partial charge in [-0.15, -0.1) is 0 Å². The molecule has 7 heteroatoms. The topological polar surface area (TPSA) is 38.5 Å². The first-order valence-electron chi connectivity index (χ1n) is 8.75. The van der Waals surface area contributed by atoms with Gasteiger partial charge in [-0.2, -0.15) is 13.2 Å². The minimum Gasteiger partial charge on any atom is -0.441 e. The fraction of sp³-hybridized carbons (Fsp3) is 0.526. The first kappa shape index (κ1) is 18.9. The molecule has 0 aliphatic carbocycles. The van der Waals surface area contributed by atoms with E-state index in [1.807, 2.05) is 6.92 Å². The summed E-state index contributed by atoms with van der Waals surface area (Å²) in [6.07, 6.45) is -0.917. The highest BCUT2D eigenvalue weighted by Gasteiger charge is 2.30. The van der Waals surface area contributed by atoms with Crippen molar-refractivity contribution in [3.63, 3.8) is 0 Å². The van der Waals surface area contributed by atoms with Crippen LogP contribution in [0.5, 0.6) is 0 Å². The Labute approximate surface area is 151 Å². The molecule has 2 heterocycles. The van der Waals surface area contributed by atoms with Crippen molar-refractivity contribution in [2.24, 2.45) is 0 Å². The van der Waals surface area contributed by atoms with E-state index in [9.17, 15) is 13.2 Å². The summed E-state index contributed by atoms with van der Waals surface area (Å²) in [5.74, 6) is 1.05. The molecule has 1 atom stereocenters. The van der Waals surface area contributed by atoms with Crippen LogP contribution in [0, 0.1) is 6.92 Å². The molecule has 1 aromatic heterocycles. The number of piperidine rings is 1. The molecule has 1 aromatic carbocycles. The number of hydrogen-bond donors (Lipinski definition) is 0. The quantitative estimate of drug-likeness (QED) is 0.769. The van der Waals surface area contributed by atoms with Crippen LogP contribution in [0.3, 0.4) is 0 Å². The van der Waals surface area contributed by atoms with Crippen molar-refractivity contribution < 1.29 is 22.3 Å². The Balaban J connectivity index is 1.76. The molecule has 0 spiro atoms. The molecule has 0 bridgehead atoms. The number of alkyl halides is 3. The van der Waals surface area contributed by atoms with E-state index < -0.39 is 11.7 Å². The zero-order chi connectivity index (χ0) is 18.7. The first-order chi connectivity index (χ1) is 12.4. The van der Waals surface area contributed by atoms with E-state index in [1.165, 1.54) is 18.6 Å². The summed E-state index contributed by atoms with van der Waals surface area (Å²) in [6, 6.07) is 5.25. The van der Waals surface area contributed by atoms with E-state index >= 15 is 0 Å². The lowest BCUT2D eigenvalue weighted by atomic mass is 10.0. The third kappa shape index (κ3) is 4.27. The molecular formula is C19H23F3N2O2. The van der Waals surface area contributed by atoms with Crippen molar-refractivity contribution in [1.29, 1.82) is 0 Å². The number of likely N-dealkylation sites (tertiary alicyclic amines) is 1. The van der Waals surface area contributed by atoms with E-state index in [1.54, 1.807) is 7.11 Å². The van der Waals surface area contributed by atoms with Crippen LogP contribution in [0.2, 0.25) is 0 Å². The molecule has 0 unspecified atom stereocenters. The zero-order valence-corrected chi connectivity index (χ0v) is 15.0. The lowest BCUT2D eigenvalue weighted by Gasteiger charge is -2.34. The van der Waals surface area contributed by atoms with E-state index in [0.29, 0.717) is 36.4 Å². The van der Waals surface area contributed by atoms with E-state index in [0.717, 1.165) is 37.2 Å². The number of oxazole rings is 1. The normalized spacial score (nSPS) is 19.0. The molecule has 1 aliphatic rings. The number of hydrogen-bond acceptors (Lipinski definition) is 4. The van der Waals surface area contributed by atoms with E-state index in [2.05, 4.69) is 9.88 Å². The first-order valence-corrected chi connectivity index (χ1v) is 8.75. The van der Waals surface area contributed by atoms with Crippen LogP contribution in [0.25, 0.3) is 11.5 Å². The maximum atomic E-state index is 12.7. The molecule has 4 nitrogen and oxygen atoms in total. The predicted molar refractivity (Wildman–Crippen MR) is 91.6 cm³/mol. The number of rotatable bonds is 5. The largest absolute Gasteiger partial charge is 0.441 e. The number of ether oxygens (including phenoxy) is 1. The van der Waals surface area contributed by atoms with Crippen LogP contribution in [-0.2, 0) is 17.5 Å². The molecule has 3 rings (SSSR count). The molecule has 2 aromatic rings. The summed E-state index contributed by atoms with van der Waals surface area (Å²) in [4.78, 5) is 6.87. The maximum Gasteiger partial charge on any atom is 0.416 e. The van der Waals surface area contributed by atoms with Crippen molar-refractivity contribution in [2.75, 3.05) is 20.3 Å². The zero-order valence-electron chi connectivity index (χ0n) is 15.0. The van der Waals surface area contributed by atoms with Crippen LogP contribution in [0.15, 0.2) is 28.7 Å². The predicted octanol–water partition coefficient (Wildman–Crippen LogP) is 4.67. The number of aryl methyl sites for hydroxylation is 1. The van der Waals surface area contributed by atoms with Gasteiger partial charge in [0.05, 0.1) is 17.9 Å². The molecule has 0 saturated carbocycles. The lowest BCUT2D eigenvalue weighted by Crippen LogP contribution is -2.41. The fourth-order valence-corrected chi connectivity index (χ4v) is 3.34. The summed E-state index contributed by atoms with van der Waals surface area (Å²) in [5.41, 5.74) is 0.683. The molecule has 1 aliphatic heterocycles. The molecule has 1 fully saturated rings. The maximum absolute atomic E-state index is 12.7. The van der Waals surface area contributed by atoms with Gasteiger partial charge in [0.2, 0.25) is 5.89 Å². The number of halogens is 3. The SMILES string of the molecule is COC[C@H]1CCCCN1Cc1nc(-c2ccc(C(F)(F)F)cc2)oc1C. The molecule has 0 amide bonds. The van der Waals surface area contributed by atoms with Crippen LogP contribution < -0.4 is 0 Å². The highest BCUT2D eigenvalue weighted by atomic mass is 19.4. The summed E-state index contributed by atoms with van der Waals surface area (Å²) in [6.45, 7) is 4.16. The highest BCUT2D eigenvalue weighted by Crippen LogP contribution is 2.31. The number of methoxy groups -OCH3 is 1. The third-order valence-corrected chi connectivity index (χ3v) is 4.81. The number of nitrogens with zero attached hydrogens (tertiary/aromatic N) is 2. The Morgan fingerprint density at radius 2 is 1.96 bits per heavy atom. The summed E-state index contributed by atoms with van der Waals surface area (Å²) in [5, 5.41) is 0. The molecule has 0 N–H and O–H groups in total. The minimum absolute atomic E-state index is 0.353. The average Bonchev–Trinajstić information content (AvgIpc) is 2.97. The van der Waals surface area contributed by atoms with Crippen LogP contribution >= 0.6 is 0 Å². The Morgan fingerprint density at radius 3 is 2.62 bits per heavy atom. The van der Waals surface area contributed by atoms with Gasteiger partial charge in [0.25, 0.3) is 0 Å². The lowest BCUT2D eigenvalue weighted by molar-refractivity contribution is -0.137. The van der Waals surface area contributed by atoms with Gasteiger partial charge in [-0.1, -0.05) is 6.42 Å². The molecule has 0 radical (unpaired) electrons. The third-order valence-electron chi connectivity index (χ3n) is 4.81. The number of benzene rings is 1. The Morgan fingerprint density at radius 1 is 1.23 bits per heavy atom. The van der Waals surface area contributed by atoms with Gasteiger partial charge < -0.3 is 9.15 Å². The van der Waals surface area contributed by atoms with Gasteiger partial charge in [-0.25, -0.2) is 4.98 Å². The molecular weight excluding hydrogens is 345 g/mol. The van der Waals surface area contributed by atoms with Crippen molar-refractivity contribution in [2.45, 2.75) is 44.9 Å². The van der Waals surface area contributed by atoms with Gasteiger partial charge in [0.1, 0.15) is 5.76 Å². The van der Waals surface area contributed by atoms with Crippen molar-refractivity contribution in [3.05, 3.63) is 41.3 Å². The van der Waals surface area contributed by atoms with Crippen molar-refractivity contribution in [3.8, 4) is 11.5 Å². The van der Waals surface area contributed by atoms with Gasteiger partial charge >= 0.3 is 6.18 Å². The fourth-order valence-electron chi connectivity index (χ4n) is 3.34. The second-order valence-corrected chi connectivity index (χ2v) is 6.67. The highest BCUT2D eigenvalue weighted by molar-refractivity contribution is 5.54. The summed E-state index contributed by atoms with van der Waals surface area (Å²) < 4.78 is 49.1. The van der Waals surface area contributed by atoms with Gasteiger partial charge in [0, 0.05) is 25.3 Å². The second kappa shape index (κ2) is 7.80. The molecule has 26 heavy (non-hydrogen) atoms. The summed E-state index contributed by atoms with van der Waals surface area (Å²) in [7, 11) is 1.71.